The Labute approximate surface area is 79.8 Å². The predicted molar refractivity (Wildman–Crippen MR) is 56.4 cm³/mol. The monoisotopic (exact) mass is 176 g/mol. The van der Waals surface area contributed by atoms with Crippen molar-refractivity contribution in [2.45, 2.75) is 24.9 Å². The van der Waals surface area contributed by atoms with Crippen molar-refractivity contribution < 1.29 is 5.11 Å². The van der Waals surface area contributed by atoms with Gasteiger partial charge in [-0.15, -0.1) is 13.2 Å². The van der Waals surface area contributed by atoms with Gasteiger partial charge < -0.3 is 5.11 Å². The maximum atomic E-state index is 10.2. The van der Waals surface area contributed by atoms with E-state index in [1.807, 2.05) is 18.2 Å². The molecule has 1 unspecified atom stereocenters. The minimum Gasteiger partial charge on any atom is -0.381 e. The van der Waals surface area contributed by atoms with Crippen molar-refractivity contribution in [3.8, 4) is 0 Å². The average Bonchev–Trinajstić information content (AvgIpc) is 2.10. The summed E-state index contributed by atoms with van der Waals surface area (Å²) in [4.78, 5) is 0. The standard InChI is InChI=1S/C12H16O/c1-3-7-11-8-5-6-10-12(11,13)9-4-2/h3-4,6,8,10,13H,1-2,5,7,9H2. The van der Waals surface area contributed by atoms with E-state index in [1.54, 1.807) is 6.08 Å². The fraction of sp³-hybridized carbons (Fsp3) is 0.333. The Hall–Kier alpha value is -1.08. The summed E-state index contributed by atoms with van der Waals surface area (Å²) in [6, 6.07) is 0. The van der Waals surface area contributed by atoms with Gasteiger partial charge in [-0.1, -0.05) is 30.4 Å². The van der Waals surface area contributed by atoms with E-state index in [-0.39, 0.29) is 0 Å². The quantitative estimate of drug-likeness (QED) is 0.653. The molecule has 1 aliphatic carbocycles. The van der Waals surface area contributed by atoms with E-state index in [2.05, 4.69) is 19.2 Å². The molecule has 0 fully saturated rings. The lowest BCUT2D eigenvalue weighted by molar-refractivity contribution is 0.129. The maximum Gasteiger partial charge on any atom is 0.107 e. The van der Waals surface area contributed by atoms with Crippen molar-refractivity contribution >= 4 is 0 Å². The zero-order chi connectivity index (χ0) is 9.73. The van der Waals surface area contributed by atoms with Crippen LogP contribution < -0.4 is 0 Å². The summed E-state index contributed by atoms with van der Waals surface area (Å²) in [6.45, 7) is 7.33. The molecule has 1 heteroatoms. The first-order chi connectivity index (χ1) is 6.23. The van der Waals surface area contributed by atoms with E-state index in [1.165, 1.54) is 0 Å². The smallest absolute Gasteiger partial charge is 0.107 e. The number of hydrogen-bond acceptors (Lipinski definition) is 1. The van der Waals surface area contributed by atoms with E-state index in [0.717, 1.165) is 18.4 Å². The Morgan fingerprint density at radius 2 is 2.23 bits per heavy atom. The molecule has 0 spiro atoms. The molecule has 0 aromatic heterocycles. The van der Waals surface area contributed by atoms with E-state index in [0.29, 0.717) is 6.42 Å². The lowest BCUT2D eigenvalue weighted by Crippen LogP contribution is -2.29. The normalized spacial score (nSPS) is 26.7. The van der Waals surface area contributed by atoms with Gasteiger partial charge in [0.15, 0.2) is 0 Å². The second-order valence-corrected chi connectivity index (χ2v) is 3.28. The Balaban J connectivity index is 2.83. The molecule has 0 aromatic rings. The zero-order valence-corrected chi connectivity index (χ0v) is 7.87. The lowest BCUT2D eigenvalue weighted by atomic mass is 9.84. The first kappa shape index (κ1) is 10.0. The van der Waals surface area contributed by atoms with Crippen molar-refractivity contribution in [1.82, 2.24) is 0 Å². The minimum absolute atomic E-state index is 0.573. The van der Waals surface area contributed by atoms with Gasteiger partial charge in [0, 0.05) is 6.42 Å². The molecular formula is C12H16O. The van der Waals surface area contributed by atoms with E-state index in [4.69, 9.17) is 0 Å². The summed E-state index contributed by atoms with van der Waals surface area (Å²) in [6.07, 6.45) is 11.7. The van der Waals surface area contributed by atoms with E-state index >= 15 is 0 Å². The van der Waals surface area contributed by atoms with Gasteiger partial charge in [-0.3, -0.25) is 0 Å². The predicted octanol–water partition coefficient (Wildman–Crippen LogP) is 2.76. The largest absolute Gasteiger partial charge is 0.381 e. The topological polar surface area (TPSA) is 20.2 Å². The van der Waals surface area contributed by atoms with Crippen LogP contribution in [0.15, 0.2) is 49.1 Å². The van der Waals surface area contributed by atoms with Crippen LogP contribution in [0.2, 0.25) is 0 Å². The third kappa shape index (κ3) is 2.19. The van der Waals surface area contributed by atoms with Crippen LogP contribution in [0.25, 0.3) is 0 Å². The fourth-order valence-corrected chi connectivity index (χ4v) is 1.59. The molecule has 0 saturated carbocycles. The molecule has 1 atom stereocenters. The highest BCUT2D eigenvalue weighted by atomic mass is 16.3. The second kappa shape index (κ2) is 4.24. The molecule has 0 bridgehead atoms. The Morgan fingerprint density at radius 3 is 2.85 bits per heavy atom. The van der Waals surface area contributed by atoms with Gasteiger partial charge in [-0.2, -0.15) is 0 Å². The summed E-state index contributed by atoms with van der Waals surface area (Å²) < 4.78 is 0. The van der Waals surface area contributed by atoms with Crippen molar-refractivity contribution in [2.75, 3.05) is 0 Å². The second-order valence-electron chi connectivity index (χ2n) is 3.28. The van der Waals surface area contributed by atoms with E-state index < -0.39 is 5.60 Å². The van der Waals surface area contributed by atoms with Crippen LogP contribution in [0.5, 0.6) is 0 Å². The summed E-state index contributed by atoms with van der Waals surface area (Å²) in [5, 5.41) is 10.2. The first-order valence-electron chi connectivity index (χ1n) is 4.54. The molecule has 0 saturated heterocycles. The van der Waals surface area contributed by atoms with Gasteiger partial charge in [0.1, 0.15) is 5.60 Å². The van der Waals surface area contributed by atoms with Crippen LogP contribution in [0.3, 0.4) is 0 Å². The highest BCUT2D eigenvalue weighted by molar-refractivity contribution is 5.32. The van der Waals surface area contributed by atoms with Crippen LogP contribution in [0, 0.1) is 0 Å². The molecule has 1 aliphatic rings. The number of rotatable bonds is 4. The van der Waals surface area contributed by atoms with Gasteiger partial charge in [0.2, 0.25) is 0 Å². The van der Waals surface area contributed by atoms with Crippen LogP contribution in [0.1, 0.15) is 19.3 Å². The van der Waals surface area contributed by atoms with Gasteiger partial charge in [-0.25, -0.2) is 0 Å². The molecule has 1 nitrogen and oxygen atoms in total. The molecule has 0 heterocycles. The Morgan fingerprint density at radius 1 is 1.46 bits per heavy atom. The third-order valence-electron chi connectivity index (χ3n) is 2.27. The summed E-state index contributed by atoms with van der Waals surface area (Å²) in [5.74, 6) is 0. The van der Waals surface area contributed by atoms with Crippen LogP contribution in [0.4, 0.5) is 0 Å². The first-order valence-corrected chi connectivity index (χ1v) is 4.54. The zero-order valence-electron chi connectivity index (χ0n) is 7.87. The number of allylic oxidation sites excluding steroid dienone is 3. The molecule has 1 rings (SSSR count). The molecule has 0 radical (unpaired) electrons. The molecular weight excluding hydrogens is 160 g/mol. The van der Waals surface area contributed by atoms with Crippen LogP contribution in [-0.2, 0) is 0 Å². The van der Waals surface area contributed by atoms with Gasteiger partial charge in [0.25, 0.3) is 0 Å². The summed E-state index contributed by atoms with van der Waals surface area (Å²) in [5.41, 5.74) is 0.221. The Bertz CT molecular complexity index is 260. The van der Waals surface area contributed by atoms with E-state index in [9.17, 15) is 5.11 Å². The molecule has 1 N–H and O–H groups in total. The van der Waals surface area contributed by atoms with Gasteiger partial charge in [-0.05, 0) is 18.4 Å². The lowest BCUT2D eigenvalue weighted by Gasteiger charge is -2.28. The Kier molecular flexibility index (Phi) is 3.26. The van der Waals surface area contributed by atoms with Crippen LogP contribution >= 0.6 is 0 Å². The molecule has 0 aromatic carbocycles. The average molecular weight is 176 g/mol. The molecule has 0 aliphatic heterocycles. The van der Waals surface area contributed by atoms with Crippen molar-refractivity contribution in [2.24, 2.45) is 0 Å². The molecule has 0 amide bonds. The van der Waals surface area contributed by atoms with Crippen molar-refractivity contribution in [3.05, 3.63) is 49.1 Å². The highest BCUT2D eigenvalue weighted by Crippen LogP contribution is 2.29. The number of hydrogen-bond donors (Lipinski definition) is 1. The highest BCUT2D eigenvalue weighted by Gasteiger charge is 2.27. The van der Waals surface area contributed by atoms with Crippen LogP contribution in [-0.4, -0.2) is 10.7 Å². The van der Waals surface area contributed by atoms with Crippen molar-refractivity contribution in [3.63, 3.8) is 0 Å². The van der Waals surface area contributed by atoms with Gasteiger partial charge in [0.05, 0.1) is 0 Å². The van der Waals surface area contributed by atoms with Crippen molar-refractivity contribution in [1.29, 1.82) is 0 Å². The third-order valence-corrected chi connectivity index (χ3v) is 2.27. The summed E-state index contributed by atoms with van der Waals surface area (Å²) in [7, 11) is 0. The molecule has 70 valence electrons. The minimum atomic E-state index is -0.811. The summed E-state index contributed by atoms with van der Waals surface area (Å²) >= 11 is 0. The fourth-order valence-electron chi connectivity index (χ4n) is 1.59. The van der Waals surface area contributed by atoms with Gasteiger partial charge >= 0.3 is 0 Å². The number of aliphatic hydroxyl groups is 1. The maximum absolute atomic E-state index is 10.2. The SMILES string of the molecule is C=CCC1=CCC=CC1(O)CC=C. The molecule has 13 heavy (non-hydrogen) atoms.